The average molecular weight is 305 g/mol. The fourth-order valence-corrected chi connectivity index (χ4v) is 2.35. The van der Waals surface area contributed by atoms with E-state index < -0.39 is 0 Å². The molecule has 0 amide bonds. The summed E-state index contributed by atoms with van der Waals surface area (Å²) in [5.74, 6) is 0. The maximum Gasteiger partial charge on any atom is 0.0500 e. The highest BCUT2D eigenvalue weighted by Crippen LogP contribution is 2.25. The summed E-state index contributed by atoms with van der Waals surface area (Å²) in [6.07, 6.45) is 4.72. The van der Waals surface area contributed by atoms with E-state index in [1.165, 1.54) is 16.8 Å². The summed E-state index contributed by atoms with van der Waals surface area (Å²) in [5, 5.41) is 3.54. The normalized spacial score (nSPS) is 12.2. The lowest BCUT2D eigenvalue weighted by Crippen LogP contribution is -2.08. The van der Waals surface area contributed by atoms with Gasteiger partial charge in [0.1, 0.15) is 0 Å². The molecule has 0 aliphatic rings. The van der Waals surface area contributed by atoms with Crippen LogP contribution in [0.4, 0.5) is 5.69 Å². The second-order valence-corrected chi connectivity index (χ2v) is 5.22. The molecule has 1 unspecified atom stereocenters. The van der Waals surface area contributed by atoms with Crippen LogP contribution in [0.3, 0.4) is 0 Å². The molecule has 0 saturated heterocycles. The Labute approximate surface area is 117 Å². The summed E-state index contributed by atoms with van der Waals surface area (Å²) in [6.45, 7) is 4.32. The minimum absolute atomic E-state index is 0.255. The second kappa shape index (κ2) is 6.01. The lowest BCUT2D eigenvalue weighted by Gasteiger charge is -2.18. The highest BCUT2D eigenvalue weighted by molar-refractivity contribution is 9.10. The Morgan fingerprint density at radius 3 is 2.83 bits per heavy atom. The molecule has 1 N–H and O–H groups in total. The maximum atomic E-state index is 4.16. The van der Waals surface area contributed by atoms with Crippen molar-refractivity contribution >= 4 is 21.6 Å². The summed E-state index contributed by atoms with van der Waals surface area (Å²) in [6, 6.07) is 10.7. The van der Waals surface area contributed by atoms with Gasteiger partial charge in [-0.25, -0.2) is 0 Å². The third-order valence-corrected chi connectivity index (χ3v) is 3.50. The van der Waals surface area contributed by atoms with Crippen LogP contribution in [-0.4, -0.2) is 4.98 Å². The Morgan fingerprint density at radius 2 is 2.17 bits per heavy atom. The van der Waals surface area contributed by atoms with Crippen molar-refractivity contribution in [1.29, 1.82) is 0 Å². The molecule has 1 atom stereocenters. The van der Waals surface area contributed by atoms with Crippen LogP contribution in [0.5, 0.6) is 0 Å². The lowest BCUT2D eigenvalue weighted by molar-refractivity contribution is 0.871. The van der Waals surface area contributed by atoms with Crippen molar-refractivity contribution in [1.82, 2.24) is 4.98 Å². The molecular formula is C15H17BrN2. The first-order valence-corrected chi connectivity index (χ1v) is 6.95. The van der Waals surface area contributed by atoms with Crippen LogP contribution in [0.25, 0.3) is 0 Å². The number of hydrogen-bond donors (Lipinski definition) is 1. The molecule has 0 aliphatic carbocycles. The number of aromatic nitrogens is 1. The number of halogens is 1. The van der Waals surface area contributed by atoms with Crippen molar-refractivity contribution in [2.24, 2.45) is 0 Å². The molecule has 1 aromatic carbocycles. The first-order valence-electron chi connectivity index (χ1n) is 6.15. The molecule has 0 spiro atoms. The van der Waals surface area contributed by atoms with Crippen molar-refractivity contribution in [2.75, 3.05) is 5.32 Å². The SMILES string of the molecule is CCc1cc(Br)ccc1NC(C)c1cccnc1. The maximum absolute atomic E-state index is 4.16. The number of hydrogen-bond acceptors (Lipinski definition) is 2. The van der Waals surface area contributed by atoms with Crippen molar-refractivity contribution < 1.29 is 0 Å². The predicted molar refractivity (Wildman–Crippen MR) is 79.8 cm³/mol. The van der Waals surface area contributed by atoms with E-state index >= 15 is 0 Å². The van der Waals surface area contributed by atoms with E-state index in [1.807, 2.05) is 12.3 Å². The molecule has 18 heavy (non-hydrogen) atoms. The molecule has 0 aliphatic heterocycles. The minimum atomic E-state index is 0.255. The Morgan fingerprint density at radius 1 is 1.33 bits per heavy atom. The topological polar surface area (TPSA) is 24.9 Å². The van der Waals surface area contributed by atoms with E-state index in [4.69, 9.17) is 0 Å². The smallest absolute Gasteiger partial charge is 0.0500 e. The standard InChI is InChI=1S/C15H17BrN2/c1-3-12-9-14(16)6-7-15(12)18-11(2)13-5-4-8-17-10-13/h4-11,18H,3H2,1-2H3. The Balaban J connectivity index is 2.19. The van der Waals surface area contributed by atoms with E-state index in [0.717, 1.165) is 10.9 Å². The Kier molecular flexibility index (Phi) is 4.37. The minimum Gasteiger partial charge on any atom is -0.378 e. The Bertz CT molecular complexity index is 511. The zero-order valence-corrected chi connectivity index (χ0v) is 12.2. The first-order chi connectivity index (χ1) is 8.70. The van der Waals surface area contributed by atoms with Gasteiger partial charge in [0.05, 0.1) is 6.04 Å². The fourth-order valence-electron chi connectivity index (χ4n) is 1.94. The molecule has 1 aromatic heterocycles. The van der Waals surface area contributed by atoms with Crippen LogP contribution < -0.4 is 5.32 Å². The van der Waals surface area contributed by atoms with Gasteiger partial charge in [0, 0.05) is 22.6 Å². The van der Waals surface area contributed by atoms with Gasteiger partial charge in [0.15, 0.2) is 0 Å². The summed E-state index contributed by atoms with van der Waals surface area (Å²) in [7, 11) is 0. The molecule has 2 nitrogen and oxygen atoms in total. The van der Waals surface area contributed by atoms with Gasteiger partial charge in [-0.3, -0.25) is 4.98 Å². The monoisotopic (exact) mass is 304 g/mol. The van der Waals surface area contributed by atoms with Crippen LogP contribution in [0, 0.1) is 0 Å². The van der Waals surface area contributed by atoms with Crippen LogP contribution >= 0.6 is 15.9 Å². The average Bonchev–Trinajstić information content (AvgIpc) is 2.41. The summed E-state index contributed by atoms with van der Waals surface area (Å²) in [5.41, 5.74) is 3.71. The number of anilines is 1. The molecule has 0 bridgehead atoms. The number of pyridine rings is 1. The van der Waals surface area contributed by atoms with Crippen molar-refractivity contribution in [3.05, 3.63) is 58.3 Å². The summed E-state index contributed by atoms with van der Waals surface area (Å²) >= 11 is 3.51. The number of aryl methyl sites for hydroxylation is 1. The number of nitrogens with zero attached hydrogens (tertiary/aromatic N) is 1. The molecular weight excluding hydrogens is 288 g/mol. The molecule has 0 fully saturated rings. The van der Waals surface area contributed by atoms with Crippen molar-refractivity contribution in [3.8, 4) is 0 Å². The molecule has 0 saturated carbocycles. The lowest BCUT2D eigenvalue weighted by atomic mass is 10.1. The molecule has 2 rings (SSSR count). The van der Waals surface area contributed by atoms with Crippen molar-refractivity contribution in [3.63, 3.8) is 0 Å². The van der Waals surface area contributed by atoms with E-state index in [2.05, 4.69) is 64.3 Å². The van der Waals surface area contributed by atoms with Gasteiger partial charge in [0.25, 0.3) is 0 Å². The zero-order valence-electron chi connectivity index (χ0n) is 10.7. The van der Waals surface area contributed by atoms with E-state index in [0.29, 0.717) is 0 Å². The molecule has 3 heteroatoms. The number of nitrogens with one attached hydrogen (secondary N) is 1. The molecule has 0 radical (unpaired) electrons. The predicted octanol–water partition coefficient (Wildman–Crippen LogP) is 4.58. The zero-order chi connectivity index (χ0) is 13.0. The highest BCUT2D eigenvalue weighted by atomic mass is 79.9. The number of rotatable bonds is 4. The highest BCUT2D eigenvalue weighted by Gasteiger charge is 2.07. The van der Waals surface area contributed by atoms with Crippen LogP contribution in [0.2, 0.25) is 0 Å². The van der Waals surface area contributed by atoms with Gasteiger partial charge < -0.3 is 5.32 Å². The van der Waals surface area contributed by atoms with Gasteiger partial charge in [-0.1, -0.05) is 28.9 Å². The summed E-state index contributed by atoms with van der Waals surface area (Å²) < 4.78 is 1.12. The van der Waals surface area contributed by atoms with Gasteiger partial charge in [-0.05, 0) is 48.7 Å². The van der Waals surface area contributed by atoms with Crippen molar-refractivity contribution in [2.45, 2.75) is 26.3 Å². The van der Waals surface area contributed by atoms with Gasteiger partial charge >= 0.3 is 0 Å². The third-order valence-electron chi connectivity index (χ3n) is 3.00. The number of benzene rings is 1. The van der Waals surface area contributed by atoms with Gasteiger partial charge in [0.2, 0.25) is 0 Å². The van der Waals surface area contributed by atoms with Crippen LogP contribution in [0.15, 0.2) is 47.2 Å². The molecule has 1 heterocycles. The Hall–Kier alpha value is -1.35. The van der Waals surface area contributed by atoms with Gasteiger partial charge in [-0.15, -0.1) is 0 Å². The van der Waals surface area contributed by atoms with E-state index in [1.54, 1.807) is 6.20 Å². The van der Waals surface area contributed by atoms with Crippen LogP contribution in [0.1, 0.15) is 31.0 Å². The quantitative estimate of drug-likeness (QED) is 0.894. The third kappa shape index (κ3) is 3.10. The van der Waals surface area contributed by atoms with E-state index in [9.17, 15) is 0 Å². The van der Waals surface area contributed by atoms with Gasteiger partial charge in [-0.2, -0.15) is 0 Å². The van der Waals surface area contributed by atoms with E-state index in [-0.39, 0.29) is 6.04 Å². The fraction of sp³-hybridized carbons (Fsp3) is 0.267. The largest absolute Gasteiger partial charge is 0.378 e. The molecule has 2 aromatic rings. The first kappa shape index (κ1) is 13.1. The second-order valence-electron chi connectivity index (χ2n) is 4.31. The summed E-state index contributed by atoms with van der Waals surface area (Å²) in [4.78, 5) is 4.16. The van der Waals surface area contributed by atoms with Crippen LogP contribution in [-0.2, 0) is 6.42 Å². The molecule has 94 valence electrons.